The molecule has 0 N–H and O–H groups in total. The zero-order valence-corrected chi connectivity index (χ0v) is 21.5. The number of rotatable bonds is 2. The van der Waals surface area contributed by atoms with Crippen LogP contribution in [0.4, 0.5) is 0 Å². The van der Waals surface area contributed by atoms with Gasteiger partial charge in [0.05, 0.1) is 6.26 Å². The fraction of sp³-hybridized carbons (Fsp3) is 0. The molecule has 0 bridgehead atoms. The molecule has 2 heterocycles. The van der Waals surface area contributed by atoms with Gasteiger partial charge in [-0.1, -0.05) is 97.1 Å². The Kier molecular flexibility index (Phi) is 4.36. The molecule has 9 aromatic rings. The summed E-state index contributed by atoms with van der Waals surface area (Å²) in [7, 11) is 0. The lowest BCUT2D eigenvalue weighted by atomic mass is 9.84. The molecule has 0 aliphatic rings. The molecule has 0 aliphatic heterocycles. The minimum absolute atomic E-state index is 0.837. The topological polar surface area (TPSA) is 26.3 Å². The van der Waals surface area contributed by atoms with E-state index in [2.05, 4.69) is 115 Å². The molecule has 7 aromatic carbocycles. The molecule has 2 nitrogen and oxygen atoms in total. The van der Waals surface area contributed by atoms with Crippen LogP contribution in [0, 0.1) is 0 Å². The van der Waals surface area contributed by atoms with Crippen molar-refractivity contribution >= 4 is 65.2 Å². The molecule has 0 fully saturated rings. The summed E-state index contributed by atoms with van der Waals surface area (Å²) in [6, 6.07) is 45.6. The third kappa shape index (κ3) is 2.99. The highest BCUT2D eigenvalue weighted by Crippen LogP contribution is 2.47. The van der Waals surface area contributed by atoms with E-state index in [1.807, 2.05) is 12.1 Å². The van der Waals surface area contributed by atoms with Crippen molar-refractivity contribution in [2.75, 3.05) is 0 Å². The van der Waals surface area contributed by atoms with Gasteiger partial charge >= 0.3 is 0 Å². The summed E-state index contributed by atoms with van der Waals surface area (Å²) in [4.78, 5) is 0. The van der Waals surface area contributed by atoms with E-state index >= 15 is 0 Å². The molecule has 0 saturated heterocycles. The van der Waals surface area contributed by atoms with Gasteiger partial charge in [0.25, 0.3) is 0 Å². The third-order valence-corrected chi connectivity index (χ3v) is 8.31. The molecular weight excluding hydrogens is 488 g/mol. The highest BCUT2D eigenvalue weighted by atomic mass is 16.3. The van der Waals surface area contributed by atoms with Crippen molar-refractivity contribution in [2.24, 2.45) is 0 Å². The number of hydrogen-bond acceptors (Lipinski definition) is 2. The Morgan fingerprint density at radius 2 is 1.10 bits per heavy atom. The molecular formula is C38H22O2. The Morgan fingerprint density at radius 3 is 1.88 bits per heavy atom. The van der Waals surface area contributed by atoms with Gasteiger partial charge in [-0.25, -0.2) is 0 Å². The minimum Gasteiger partial charge on any atom is -0.464 e. The van der Waals surface area contributed by atoms with E-state index in [-0.39, 0.29) is 0 Å². The summed E-state index contributed by atoms with van der Waals surface area (Å²) in [5.74, 6) is 0. The lowest BCUT2D eigenvalue weighted by Crippen LogP contribution is -1.91. The smallest absolute Gasteiger partial charge is 0.139 e. The van der Waals surface area contributed by atoms with Crippen LogP contribution in [0.3, 0.4) is 0 Å². The quantitative estimate of drug-likeness (QED) is 0.216. The van der Waals surface area contributed by atoms with Crippen molar-refractivity contribution in [2.45, 2.75) is 0 Å². The summed E-state index contributed by atoms with van der Waals surface area (Å²) in [6.07, 6.45) is 1.74. The largest absolute Gasteiger partial charge is 0.464 e. The summed E-state index contributed by atoms with van der Waals surface area (Å²) < 4.78 is 12.1. The maximum atomic E-state index is 6.39. The maximum absolute atomic E-state index is 6.39. The van der Waals surface area contributed by atoms with Gasteiger partial charge in [-0.05, 0) is 78.8 Å². The molecule has 0 saturated carbocycles. The Morgan fingerprint density at radius 1 is 0.400 bits per heavy atom. The zero-order valence-electron chi connectivity index (χ0n) is 21.5. The van der Waals surface area contributed by atoms with E-state index in [1.54, 1.807) is 6.26 Å². The second-order valence-corrected chi connectivity index (χ2v) is 10.5. The number of benzene rings is 7. The van der Waals surface area contributed by atoms with Crippen molar-refractivity contribution in [3.05, 3.63) is 134 Å². The van der Waals surface area contributed by atoms with Crippen LogP contribution in [-0.4, -0.2) is 0 Å². The molecule has 0 spiro atoms. The van der Waals surface area contributed by atoms with Crippen LogP contribution in [0.25, 0.3) is 87.5 Å². The first-order chi connectivity index (χ1) is 19.8. The summed E-state index contributed by atoms with van der Waals surface area (Å²) in [6.45, 7) is 0. The molecule has 9 rings (SSSR count). The highest BCUT2D eigenvalue weighted by Gasteiger charge is 2.20. The van der Waals surface area contributed by atoms with Crippen molar-refractivity contribution in [3.63, 3.8) is 0 Å². The van der Waals surface area contributed by atoms with Gasteiger partial charge in [0, 0.05) is 22.2 Å². The van der Waals surface area contributed by atoms with E-state index in [9.17, 15) is 0 Å². The van der Waals surface area contributed by atoms with Gasteiger partial charge in [-0.2, -0.15) is 0 Å². The fourth-order valence-corrected chi connectivity index (χ4v) is 6.57. The van der Waals surface area contributed by atoms with E-state index in [0.717, 1.165) is 32.9 Å². The molecule has 0 unspecified atom stereocenters. The van der Waals surface area contributed by atoms with Crippen molar-refractivity contribution in [1.29, 1.82) is 0 Å². The van der Waals surface area contributed by atoms with Crippen LogP contribution in [0.2, 0.25) is 0 Å². The summed E-state index contributed by atoms with van der Waals surface area (Å²) in [5.41, 5.74) is 7.46. The van der Waals surface area contributed by atoms with Crippen molar-refractivity contribution in [3.8, 4) is 22.3 Å². The molecule has 0 aliphatic carbocycles. The van der Waals surface area contributed by atoms with Gasteiger partial charge < -0.3 is 8.83 Å². The first-order valence-corrected chi connectivity index (χ1v) is 13.6. The van der Waals surface area contributed by atoms with E-state index in [1.165, 1.54) is 54.6 Å². The number of furan rings is 2. The Hall–Kier alpha value is -5.34. The van der Waals surface area contributed by atoms with Gasteiger partial charge in [-0.15, -0.1) is 0 Å². The summed E-state index contributed by atoms with van der Waals surface area (Å²) >= 11 is 0. The van der Waals surface area contributed by atoms with Crippen LogP contribution >= 0.6 is 0 Å². The molecule has 186 valence electrons. The average Bonchev–Trinajstić information content (AvgIpc) is 3.62. The fourth-order valence-electron chi connectivity index (χ4n) is 6.57. The van der Waals surface area contributed by atoms with E-state index in [4.69, 9.17) is 8.83 Å². The van der Waals surface area contributed by atoms with Crippen LogP contribution in [0.5, 0.6) is 0 Å². The van der Waals surface area contributed by atoms with Crippen LogP contribution in [-0.2, 0) is 0 Å². The third-order valence-electron chi connectivity index (χ3n) is 8.31. The first kappa shape index (κ1) is 21.6. The highest BCUT2D eigenvalue weighted by molar-refractivity contribution is 6.26. The molecule has 2 heteroatoms. The Balaban J connectivity index is 1.44. The maximum Gasteiger partial charge on any atom is 0.139 e. The molecule has 0 radical (unpaired) electrons. The van der Waals surface area contributed by atoms with Crippen LogP contribution < -0.4 is 0 Å². The second-order valence-electron chi connectivity index (χ2n) is 10.5. The normalized spacial score (nSPS) is 12.0. The number of hydrogen-bond donors (Lipinski definition) is 0. The second kappa shape index (κ2) is 8.08. The molecule has 0 amide bonds. The van der Waals surface area contributed by atoms with E-state index < -0.39 is 0 Å². The Bertz CT molecular complexity index is 2380. The van der Waals surface area contributed by atoms with Gasteiger partial charge in [0.1, 0.15) is 16.7 Å². The van der Waals surface area contributed by atoms with Crippen LogP contribution in [0.15, 0.2) is 142 Å². The van der Waals surface area contributed by atoms with Gasteiger partial charge in [0.2, 0.25) is 0 Å². The van der Waals surface area contributed by atoms with Crippen LogP contribution in [0.1, 0.15) is 0 Å². The lowest BCUT2D eigenvalue weighted by molar-refractivity contribution is 0.613. The predicted octanol–water partition coefficient (Wildman–Crippen LogP) is 11.1. The lowest BCUT2D eigenvalue weighted by Gasteiger charge is -2.18. The number of fused-ring (bicyclic) bond motifs is 7. The van der Waals surface area contributed by atoms with Crippen molar-refractivity contribution in [1.82, 2.24) is 0 Å². The standard InChI is InChI=1S/C38H22O2/c1-2-9-24-20-26(17-16-23(24)8-1)36-27-10-3-5-12-29(27)37(30-13-6-4-11-28(30)36)31-14-7-15-33-38(31)32-21-25-18-19-39-34(25)22-35(32)40-33/h1-22H. The van der Waals surface area contributed by atoms with Crippen molar-refractivity contribution < 1.29 is 8.83 Å². The Labute approximate surface area is 229 Å². The van der Waals surface area contributed by atoms with E-state index in [0.29, 0.717) is 0 Å². The van der Waals surface area contributed by atoms with Gasteiger partial charge in [0.15, 0.2) is 0 Å². The SMILES string of the molecule is c1ccc2cc(-c3c4ccccc4c(-c4cccc5oc6cc7occc7cc6c45)c4ccccc34)ccc2c1. The van der Waals surface area contributed by atoms with Gasteiger partial charge in [-0.3, -0.25) is 0 Å². The molecule has 2 aromatic heterocycles. The molecule has 40 heavy (non-hydrogen) atoms. The summed E-state index contributed by atoms with van der Waals surface area (Å²) in [5, 5.41) is 10.8. The zero-order chi connectivity index (χ0) is 26.2. The molecule has 0 atom stereocenters. The average molecular weight is 511 g/mol. The predicted molar refractivity (Wildman–Crippen MR) is 167 cm³/mol. The minimum atomic E-state index is 0.837. The monoisotopic (exact) mass is 510 g/mol. The first-order valence-electron chi connectivity index (χ1n) is 13.6.